The fourth-order valence-corrected chi connectivity index (χ4v) is 2.56. The highest BCUT2D eigenvalue weighted by Gasteiger charge is 2.30. The molecule has 0 radical (unpaired) electrons. The number of carbonyl (C=O) groups is 1. The van der Waals surface area contributed by atoms with Crippen LogP contribution in [-0.2, 0) is 0 Å². The molecule has 0 atom stereocenters. The number of aryl methyl sites for hydroxylation is 1. The lowest BCUT2D eigenvalue weighted by atomic mass is 10.0. The topological polar surface area (TPSA) is 128 Å². The lowest BCUT2D eigenvalue weighted by molar-refractivity contribution is -0.393. The third kappa shape index (κ3) is 3.05. The standard InChI is InChI=1S/C17H12N4O5/c1-10-4-6-11(7-5-10)19-17(22)15-14(21(25)26)9-13(20(23)24)12-3-2-8-18-16(12)15/h2-9H,1H3,(H,19,22). The third-order valence-corrected chi connectivity index (χ3v) is 3.78. The number of carbonyl (C=O) groups excluding carboxylic acids is 1. The van der Waals surface area contributed by atoms with Gasteiger partial charge < -0.3 is 5.32 Å². The fourth-order valence-electron chi connectivity index (χ4n) is 2.56. The number of amides is 1. The second kappa shape index (κ2) is 6.55. The molecule has 0 aliphatic heterocycles. The van der Waals surface area contributed by atoms with E-state index in [2.05, 4.69) is 10.3 Å². The number of nitrogens with one attached hydrogen (secondary N) is 1. The average Bonchev–Trinajstić information content (AvgIpc) is 2.61. The largest absolute Gasteiger partial charge is 0.322 e. The minimum atomic E-state index is -0.828. The molecule has 0 unspecified atom stereocenters. The van der Waals surface area contributed by atoms with Gasteiger partial charge in [-0.1, -0.05) is 17.7 Å². The van der Waals surface area contributed by atoms with Crippen LogP contribution in [0.3, 0.4) is 0 Å². The Bertz CT molecular complexity index is 1050. The molecule has 0 bridgehead atoms. The van der Waals surface area contributed by atoms with Crippen LogP contribution in [0.25, 0.3) is 10.9 Å². The number of pyridine rings is 1. The van der Waals surface area contributed by atoms with Crippen LogP contribution < -0.4 is 5.32 Å². The Morgan fingerprint density at radius 3 is 2.31 bits per heavy atom. The number of hydrogen-bond acceptors (Lipinski definition) is 6. The zero-order valence-corrected chi connectivity index (χ0v) is 13.5. The summed E-state index contributed by atoms with van der Waals surface area (Å²) in [6.45, 7) is 1.88. The molecule has 130 valence electrons. The highest BCUT2D eigenvalue weighted by atomic mass is 16.6. The van der Waals surface area contributed by atoms with E-state index in [0.29, 0.717) is 5.69 Å². The lowest BCUT2D eigenvalue weighted by Crippen LogP contribution is -2.15. The molecule has 1 amide bonds. The second-order valence-electron chi connectivity index (χ2n) is 5.52. The maximum atomic E-state index is 12.7. The zero-order chi connectivity index (χ0) is 18.8. The van der Waals surface area contributed by atoms with Crippen LogP contribution in [0, 0.1) is 27.2 Å². The van der Waals surface area contributed by atoms with Gasteiger partial charge in [0.2, 0.25) is 0 Å². The average molecular weight is 352 g/mol. The second-order valence-corrected chi connectivity index (χ2v) is 5.52. The first-order chi connectivity index (χ1) is 12.4. The van der Waals surface area contributed by atoms with Crippen LogP contribution in [-0.4, -0.2) is 20.7 Å². The molecule has 1 heterocycles. The summed E-state index contributed by atoms with van der Waals surface area (Å²) in [5.74, 6) is -0.765. The first-order valence-electron chi connectivity index (χ1n) is 7.47. The molecule has 0 aliphatic rings. The van der Waals surface area contributed by atoms with Gasteiger partial charge in [0.15, 0.2) is 0 Å². The zero-order valence-electron chi connectivity index (χ0n) is 13.5. The van der Waals surface area contributed by atoms with E-state index in [0.717, 1.165) is 11.6 Å². The molecule has 9 heteroatoms. The quantitative estimate of drug-likeness (QED) is 0.564. The van der Waals surface area contributed by atoms with Gasteiger partial charge in [-0.25, -0.2) is 0 Å². The summed E-state index contributed by atoms with van der Waals surface area (Å²) in [5, 5.41) is 25.3. The Kier molecular flexibility index (Phi) is 4.27. The van der Waals surface area contributed by atoms with Crippen molar-refractivity contribution in [3.8, 4) is 0 Å². The molecule has 1 N–H and O–H groups in total. The van der Waals surface area contributed by atoms with Gasteiger partial charge in [-0.05, 0) is 31.2 Å². The summed E-state index contributed by atoms with van der Waals surface area (Å²) in [6, 6.07) is 10.5. The van der Waals surface area contributed by atoms with Crippen molar-refractivity contribution >= 4 is 33.9 Å². The van der Waals surface area contributed by atoms with Gasteiger partial charge in [-0.15, -0.1) is 0 Å². The highest BCUT2D eigenvalue weighted by Crippen LogP contribution is 2.34. The molecule has 2 aromatic carbocycles. The van der Waals surface area contributed by atoms with Crippen LogP contribution >= 0.6 is 0 Å². The molecule has 0 spiro atoms. The Morgan fingerprint density at radius 1 is 1.04 bits per heavy atom. The number of anilines is 1. The normalized spacial score (nSPS) is 10.5. The van der Waals surface area contributed by atoms with Crippen molar-refractivity contribution in [2.75, 3.05) is 5.32 Å². The van der Waals surface area contributed by atoms with Gasteiger partial charge in [-0.2, -0.15) is 0 Å². The number of aromatic nitrogens is 1. The maximum Gasteiger partial charge on any atom is 0.291 e. The molecule has 9 nitrogen and oxygen atoms in total. The number of nitro groups is 2. The van der Waals surface area contributed by atoms with Crippen molar-refractivity contribution in [3.63, 3.8) is 0 Å². The van der Waals surface area contributed by atoms with Crippen molar-refractivity contribution in [1.29, 1.82) is 0 Å². The van der Waals surface area contributed by atoms with E-state index in [4.69, 9.17) is 0 Å². The van der Waals surface area contributed by atoms with E-state index in [9.17, 15) is 25.0 Å². The van der Waals surface area contributed by atoms with Gasteiger partial charge in [0, 0.05) is 11.9 Å². The molecule has 0 fully saturated rings. The van der Waals surface area contributed by atoms with E-state index in [-0.39, 0.29) is 16.5 Å². The summed E-state index contributed by atoms with van der Waals surface area (Å²) >= 11 is 0. The van der Waals surface area contributed by atoms with E-state index in [1.807, 2.05) is 6.92 Å². The number of benzene rings is 2. The highest BCUT2D eigenvalue weighted by molar-refractivity contribution is 6.16. The monoisotopic (exact) mass is 352 g/mol. The lowest BCUT2D eigenvalue weighted by Gasteiger charge is -2.09. The Labute approximate surface area is 146 Å². The van der Waals surface area contributed by atoms with Gasteiger partial charge >= 0.3 is 0 Å². The number of non-ortho nitro benzene ring substituents is 1. The van der Waals surface area contributed by atoms with Crippen molar-refractivity contribution in [2.45, 2.75) is 6.92 Å². The summed E-state index contributed by atoms with van der Waals surface area (Å²) in [4.78, 5) is 37.8. The van der Waals surface area contributed by atoms with Crippen LogP contribution in [0.15, 0.2) is 48.7 Å². The molecular weight excluding hydrogens is 340 g/mol. The summed E-state index contributed by atoms with van der Waals surface area (Å²) in [6.07, 6.45) is 1.32. The van der Waals surface area contributed by atoms with Gasteiger partial charge in [0.25, 0.3) is 17.3 Å². The smallest absolute Gasteiger partial charge is 0.291 e. The molecule has 1 aromatic heterocycles. The first-order valence-corrected chi connectivity index (χ1v) is 7.47. The van der Waals surface area contributed by atoms with Crippen LogP contribution in [0.1, 0.15) is 15.9 Å². The number of fused-ring (bicyclic) bond motifs is 1. The van der Waals surface area contributed by atoms with Crippen LogP contribution in [0.2, 0.25) is 0 Å². The van der Waals surface area contributed by atoms with Gasteiger partial charge in [-0.3, -0.25) is 30.0 Å². The molecule has 26 heavy (non-hydrogen) atoms. The predicted octanol–water partition coefficient (Wildman–Crippen LogP) is 3.61. The minimum Gasteiger partial charge on any atom is -0.322 e. The van der Waals surface area contributed by atoms with E-state index >= 15 is 0 Å². The molecule has 0 saturated carbocycles. The van der Waals surface area contributed by atoms with Crippen molar-refractivity contribution in [3.05, 3.63) is 80.0 Å². The molecule has 0 aliphatic carbocycles. The molecular formula is C17H12N4O5. The third-order valence-electron chi connectivity index (χ3n) is 3.78. The molecule has 3 aromatic rings. The van der Waals surface area contributed by atoms with E-state index in [1.165, 1.54) is 18.3 Å². The number of nitrogens with zero attached hydrogens (tertiary/aromatic N) is 3. The SMILES string of the molecule is Cc1ccc(NC(=O)c2c([N+](=O)[O-])cc([N+](=O)[O-])c3cccnc23)cc1. The number of hydrogen-bond donors (Lipinski definition) is 1. The maximum absolute atomic E-state index is 12.7. The van der Waals surface area contributed by atoms with Crippen LogP contribution in [0.5, 0.6) is 0 Å². The van der Waals surface area contributed by atoms with Crippen molar-refractivity contribution < 1.29 is 14.6 Å². The Morgan fingerprint density at radius 2 is 1.69 bits per heavy atom. The van der Waals surface area contributed by atoms with E-state index < -0.39 is 27.1 Å². The van der Waals surface area contributed by atoms with Crippen molar-refractivity contribution in [2.24, 2.45) is 0 Å². The summed E-state index contributed by atoms with van der Waals surface area (Å²) in [5.41, 5.74) is -0.150. The van der Waals surface area contributed by atoms with E-state index in [1.54, 1.807) is 24.3 Å². The Balaban J connectivity index is 2.20. The number of nitro benzene ring substituents is 2. The fraction of sp³-hybridized carbons (Fsp3) is 0.0588. The Hall–Kier alpha value is -3.88. The van der Waals surface area contributed by atoms with Crippen LogP contribution in [0.4, 0.5) is 17.1 Å². The predicted molar refractivity (Wildman–Crippen MR) is 94.2 cm³/mol. The van der Waals surface area contributed by atoms with Gasteiger partial charge in [0.05, 0.1) is 26.8 Å². The van der Waals surface area contributed by atoms with Gasteiger partial charge in [0.1, 0.15) is 5.56 Å². The summed E-state index contributed by atoms with van der Waals surface area (Å²) in [7, 11) is 0. The minimum absolute atomic E-state index is 0.0529. The summed E-state index contributed by atoms with van der Waals surface area (Å²) < 4.78 is 0. The molecule has 3 rings (SSSR count). The van der Waals surface area contributed by atoms with Crippen molar-refractivity contribution in [1.82, 2.24) is 4.98 Å². The number of rotatable bonds is 4. The molecule has 0 saturated heterocycles. The first kappa shape index (κ1) is 17.0.